The molecule has 0 amide bonds. The summed E-state index contributed by atoms with van der Waals surface area (Å²) in [6.45, 7) is 8.21. The lowest BCUT2D eigenvalue weighted by molar-refractivity contribution is -0.384. The number of aryl methyl sites for hydroxylation is 1. The molecule has 0 aromatic heterocycles. The molecule has 1 aliphatic carbocycles. The molecule has 1 heterocycles. The molecule has 226 valence electrons. The van der Waals surface area contributed by atoms with Crippen molar-refractivity contribution in [3.05, 3.63) is 115 Å². The van der Waals surface area contributed by atoms with Crippen molar-refractivity contribution in [2.75, 3.05) is 12.0 Å². The summed E-state index contributed by atoms with van der Waals surface area (Å²) in [5.74, 6) is 0.755. The van der Waals surface area contributed by atoms with Crippen LogP contribution < -0.4 is 20.1 Å². The van der Waals surface area contributed by atoms with E-state index in [1.165, 1.54) is 18.2 Å². The molecule has 9 nitrogen and oxygen atoms in total. The molecule has 1 atom stereocenters. The normalized spacial score (nSPS) is 17.7. The third-order valence-electron chi connectivity index (χ3n) is 8.23. The maximum atomic E-state index is 14.0. The molecule has 3 aromatic carbocycles. The van der Waals surface area contributed by atoms with Crippen molar-refractivity contribution in [3.8, 4) is 17.6 Å². The number of anilines is 1. The molecule has 0 saturated carbocycles. The standard InChI is InChI=1S/C34H33ClN4O5/c1-19-12-21(18-44-24-9-7-23(43-5)8-10-24)20(2)25(13-19)31-26(17-36)33(37)38(28-11-6-22(39(41)42)14-27(28)35)29-15-34(3,4)16-30(40)32(29)31/h6-14,31H,15-16,18,37H2,1-5H3. The van der Waals surface area contributed by atoms with E-state index in [1.54, 1.807) is 12.0 Å². The highest BCUT2D eigenvalue weighted by Gasteiger charge is 2.45. The Morgan fingerprint density at radius 3 is 2.41 bits per heavy atom. The zero-order valence-corrected chi connectivity index (χ0v) is 26.0. The van der Waals surface area contributed by atoms with Crippen LogP contribution in [0.1, 0.15) is 54.9 Å². The molecule has 1 aliphatic heterocycles. The van der Waals surface area contributed by atoms with Gasteiger partial charge in [-0.25, -0.2) is 0 Å². The van der Waals surface area contributed by atoms with Crippen LogP contribution in [0.3, 0.4) is 0 Å². The van der Waals surface area contributed by atoms with Gasteiger partial charge >= 0.3 is 0 Å². The molecule has 0 radical (unpaired) electrons. The molecular formula is C34H33ClN4O5. The van der Waals surface area contributed by atoms with Crippen molar-refractivity contribution in [2.45, 2.75) is 53.1 Å². The van der Waals surface area contributed by atoms with Gasteiger partial charge in [0.05, 0.1) is 40.3 Å². The van der Waals surface area contributed by atoms with Gasteiger partial charge in [0.1, 0.15) is 23.9 Å². The molecule has 44 heavy (non-hydrogen) atoms. The number of hydrogen-bond donors (Lipinski definition) is 1. The van der Waals surface area contributed by atoms with Crippen LogP contribution in [0, 0.1) is 40.7 Å². The van der Waals surface area contributed by atoms with Crippen LogP contribution in [0.15, 0.2) is 77.3 Å². The fourth-order valence-corrected chi connectivity index (χ4v) is 6.39. The molecule has 0 spiro atoms. The van der Waals surface area contributed by atoms with E-state index in [-0.39, 0.29) is 34.5 Å². The summed E-state index contributed by atoms with van der Waals surface area (Å²) in [5, 5.41) is 22.0. The smallest absolute Gasteiger partial charge is 0.271 e. The van der Waals surface area contributed by atoms with Crippen LogP contribution in [-0.4, -0.2) is 17.8 Å². The number of hydrogen-bond acceptors (Lipinski definition) is 8. The van der Waals surface area contributed by atoms with Crippen LogP contribution in [0.5, 0.6) is 11.5 Å². The Morgan fingerprint density at radius 2 is 1.80 bits per heavy atom. The number of ketones is 1. The van der Waals surface area contributed by atoms with Gasteiger partial charge < -0.3 is 15.2 Å². The number of halogens is 1. The van der Waals surface area contributed by atoms with E-state index < -0.39 is 16.3 Å². The summed E-state index contributed by atoms with van der Waals surface area (Å²) in [6, 6.07) is 17.7. The number of methoxy groups -OCH3 is 1. The number of Topliss-reactive ketones (excluding diaryl/α,β-unsaturated/α-hetero) is 1. The Labute approximate surface area is 261 Å². The summed E-state index contributed by atoms with van der Waals surface area (Å²) in [5.41, 5.74) is 11.5. The van der Waals surface area contributed by atoms with Gasteiger partial charge in [0.25, 0.3) is 5.69 Å². The molecule has 3 aromatic rings. The van der Waals surface area contributed by atoms with E-state index in [9.17, 15) is 20.2 Å². The fraction of sp³-hybridized carbons (Fsp3) is 0.294. The Morgan fingerprint density at radius 1 is 1.11 bits per heavy atom. The Bertz CT molecular complexity index is 1790. The van der Waals surface area contributed by atoms with Crippen LogP contribution in [0.4, 0.5) is 11.4 Å². The predicted octanol–water partition coefficient (Wildman–Crippen LogP) is 7.39. The second kappa shape index (κ2) is 11.7. The zero-order chi connectivity index (χ0) is 31.9. The van der Waals surface area contributed by atoms with Gasteiger partial charge in [-0.1, -0.05) is 43.1 Å². The molecule has 1 unspecified atom stereocenters. The van der Waals surface area contributed by atoms with E-state index in [0.717, 1.165) is 28.0 Å². The quantitative estimate of drug-likeness (QED) is 0.216. The van der Waals surface area contributed by atoms with Gasteiger partial charge in [-0.2, -0.15) is 5.26 Å². The number of rotatable bonds is 7. The largest absolute Gasteiger partial charge is 0.497 e. The average molecular weight is 613 g/mol. The van der Waals surface area contributed by atoms with Crippen molar-refractivity contribution < 1.29 is 19.2 Å². The lowest BCUT2D eigenvalue weighted by Gasteiger charge is -2.44. The second-order valence-electron chi connectivity index (χ2n) is 12.0. The van der Waals surface area contributed by atoms with Crippen molar-refractivity contribution in [2.24, 2.45) is 11.1 Å². The topological polar surface area (TPSA) is 132 Å². The fourth-order valence-electron chi connectivity index (χ4n) is 6.13. The summed E-state index contributed by atoms with van der Waals surface area (Å²) < 4.78 is 11.3. The van der Waals surface area contributed by atoms with E-state index >= 15 is 0 Å². The third kappa shape index (κ3) is 5.61. The lowest BCUT2D eigenvalue weighted by Crippen LogP contribution is -2.42. The number of carbonyl (C=O) groups is 1. The number of nitro groups is 1. The second-order valence-corrected chi connectivity index (χ2v) is 12.4. The highest BCUT2D eigenvalue weighted by Crippen LogP contribution is 2.52. The SMILES string of the molecule is COc1ccc(OCc2cc(C)cc(C3C(C#N)=C(N)N(c4ccc([N+](=O)[O-])cc4Cl)C4=C3C(=O)CC(C)(C)C4)c2C)cc1. The van der Waals surface area contributed by atoms with E-state index in [1.807, 2.05) is 64.1 Å². The lowest BCUT2D eigenvalue weighted by atomic mass is 9.68. The summed E-state index contributed by atoms with van der Waals surface area (Å²) >= 11 is 6.59. The number of nitrogens with zero attached hydrogens (tertiary/aromatic N) is 3. The maximum Gasteiger partial charge on any atom is 0.271 e. The van der Waals surface area contributed by atoms with Gasteiger partial charge in [0.2, 0.25) is 0 Å². The highest BCUT2D eigenvalue weighted by molar-refractivity contribution is 6.33. The van der Waals surface area contributed by atoms with E-state index in [4.69, 9.17) is 26.8 Å². The number of carbonyl (C=O) groups excluding carboxylic acids is 1. The van der Waals surface area contributed by atoms with Crippen molar-refractivity contribution in [3.63, 3.8) is 0 Å². The summed E-state index contributed by atoms with van der Waals surface area (Å²) in [6.07, 6.45) is 0.774. The Hall–Kier alpha value is -4.81. The molecule has 0 bridgehead atoms. The number of benzene rings is 3. The third-order valence-corrected chi connectivity index (χ3v) is 8.53. The minimum absolute atomic E-state index is 0.0820. The first-order valence-corrected chi connectivity index (χ1v) is 14.5. The van der Waals surface area contributed by atoms with Gasteiger partial charge in [-0.3, -0.25) is 19.8 Å². The zero-order valence-electron chi connectivity index (χ0n) is 25.2. The molecule has 5 rings (SSSR count). The van der Waals surface area contributed by atoms with Crippen molar-refractivity contribution in [1.82, 2.24) is 0 Å². The minimum Gasteiger partial charge on any atom is -0.497 e. The van der Waals surface area contributed by atoms with Crippen LogP contribution in [-0.2, 0) is 11.4 Å². The van der Waals surface area contributed by atoms with Gasteiger partial charge in [0, 0.05) is 29.8 Å². The first kappa shape index (κ1) is 30.6. The number of non-ortho nitro benzene ring substituents is 1. The van der Waals surface area contributed by atoms with E-state index in [0.29, 0.717) is 35.5 Å². The molecule has 10 heteroatoms. The van der Waals surface area contributed by atoms with Crippen LogP contribution in [0.2, 0.25) is 5.02 Å². The van der Waals surface area contributed by atoms with Gasteiger partial charge in [-0.15, -0.1) is 0 Å². The molecule has 0 fully saturated rings. The highest BCUT2D eigenvalue weighted by atomic mass is 35.5. The van der Waals surface area contributed by atoms with Crippen molar-refractivity contribution in [1.29, 1.82) is 5.26 Å². The Kier molecular flexibility index (Phi) is 8.15. The number of nitro benzene ring substituents is 1. The first-order valence-electron chi connectivity index (χ1n) is 14.1. The number of allylic oxidation sites excluding steroid dienone is 3. The van der Waals surface area contributed by atoms with Gasteiger partial charge in [0.15, 0.2) is 5.78 Å². The van der Waals surface area contributed by atoms with Crippen LogP contribution >= 0.6 is 11.6 Å². The molecular weight excluding hydrogens is 580 g/mol. The first-order chi connectivity index (χ1) is 20.8. The van der Waals surface area contributed by atoms with Gasteiger partial charge in [-0.05, 0) is 72.7 Å². The molecule has 0 saturated heterocycles. The number of nitriles is 1. The van der Waals surface area contributed by atoms with Crippen LogP contribution in [0.25, 0.3) is 0 Å². The monoisotopic (exact) mass is 612 g/mol. The predicted molar refractivity (Wildman–Crippen MR) is 168 cm³/mol. The minimum atomic E-state index is -0.702. The number of ether oxygens (including phenoxy) is 2. The maximum absolute atomic E-state index is 14.0. The Balaban J connectivity index is 1.66. The van der Waals surface area contributed by atoms with Crippen molar-refractivity contribution >= 4 is 28.8 Å². The number of nitrogens with two attached hydrogens (primary N) is 1. The molecule has 2 N–H and O–H groups in total. The summed E-state index contributed by atoms with van der Waals surface area (Å²) in [7, 11) is 1.61. The molecule has 2 aliphatic rings. The van der Waals surface area contributed by atoms with E-state index in [2.05, 4.69) is 6.07 Å². The average Bonchev–Trinajstić information content (AvgIpc) is 2.97. The summed E-state index contributed by atoms with van der Waals surface area (Å²) in [4.78, 5) is 26.5.